The SMILES string of the molecule is Cc1cc(I)ccc1Nc1ccc(S(=O)(=O)NF)cc1-c1[nH]nnc1O. The molecular weight excluding hydrogens is 476 g/mol. The minimum atomic E-state index is -4.31. The predicted octanol–water partition coefficient (Wildman–Crippen LogP) is 3.00. The molecule has 0 aliphatic rings. The van der Waals surface area contributed by atoms with Gasteiger partial charge in [-0.3, -0.25) is 5.10 Å². The number of hydrogen-bond donors (Lipinski definition) is 4. The molecule has 0 bridgehead atoms. The summed E-state index contributed by atoms with van der Waals surface area (Å²) in [6.07, 6.45) is 0. The molecule has 0 saturated carbocycles. The fourth-order valence-electron chi connectivity index (χ4n) is 2.37. The summed E-state index contributed by atoms with van der Waals surface area (Å²) >= 11 is 2.20. The zero-order chi connectivity index (χ0) is 18.9. The molecule has 3 rings (SSSR count). The van der Waals surface area contributed by atoms with E-state index in [0.717, 1.165) is 19.8 Å². The number of rotatable bonds is 5. The maximum Gasteiger partial charge on any atom is 0.266 e. The van der Waals surface area contributed by atoms with Crippen LogP contribution < -0.4 is 10.3 Å². The summed E-state index contributed by atoms with van der Waals surface area (Å²) in [6, 6.07) is 9.69. The average Bonchev–Trinajstić information content (AvgIpc) is 3.03. The lowest BCUT2D eigenvalue weighted by Crippen LogP contribution is -2.14. The molecule has 0 amide bonds. The van der Waals surface area contributed by atoms with E-state index in [2.05, 4.69) is 43.3 Å². The third-order valence-electron chi connectivity index (χ3n) is 3.66. The number of aromatic nitrogens is 3. The highest BCUT2D eigenvalue weighted by molar-refractivity contribution is 14.1. The normalized spacial score (nSPS) is 11.5. The standard InChI is InChI=1S/C15H13FIN5O3S/c1-8-6-9(17)2-4-12(8)18-13-5-3-10(26(24,25)21-16)7-11(13)14-15(23)20-22-19-14/h2-7,18,21H,1H3,(H2,19,20,22,23). The summed E-state index contributed by atoms with van der Waals surface area (Å²) in [5.41, 5.74) is 2.61. The second-order valence-corrected chi connectivity index (χ2v) is 8.26. The summed E-state index contributed by atoms with van der Waals surface area (Å²) in [7, 11) is -4.31. The monoisotopic (exact) mass is 489 g/mol. The topological polar surface area (TPSA) is 120 Å². The highest BCUT2D eigenvalue weighted by atomic mass is 127. The van der Waals surface area contributed by atoms with Crippen molar-refractivity contribution in [2.45, 2.75) is 11.8 Å². The van der Waals surface area contributed by atoms with Crippen molar-refractivity contribution in [1.82, 2.24) is 20.4 Å². The van der Waals surface area contributed by atoms with Crippen LogP contribution in [0.15, 0.2) is 41.3 Å². The van der Waals surface area contributed by atoms with Gasteiger partial charge >= 0.3 is 0 Å². The van der Waals surface area contributed by atoms with Crippen molar-refractivity contribution >= 4 is 44.0 Å². The van der Waals surface area contributed by atoms with Crippen molar-refractivity contribution in [3.8, 4) is 17.1 Å². The first kappa shape index (κ1) is 18.5. The fourth-order valence-corrected chi connectivity index (χ4v) is 3.62. The highest BCUT2D eigenvalue weighted by Gasteiger charge is 2.20. The lowest BCUT2D eigenvalue weighted by molar-refractivity contribution is 0.425. The number of hydrogen-bond acceptors (Lipinski definition) is 6. The van der Waals surface area contributed by atoms with Crippen LogP contribution in [0.5, 0.6) is 5.88 Å². The molecule has 0 aliphatic heterocycles. The lowest BCUT2D eigenvalue weighted by atomic mass is 10.1. The smallest absolute Gasteiger partial charge is 0.266 e. The summed E-state index contributed by atoms with van der Waals surface area (Å²) in [5, 5.41) is 22.5. The van der Waals surface area contributed by atoms with Crippen LogP contribution in [0.1, 0.15) is 5.56 Å². The Hall–Kier alpha value is -2.25. The zero-order valence-electron chi connectivity index (χ0n) is 13.3. The number of nitrogens with one attached hydrogen (secondary N) is 3. The molecule has 1 aromatic heterocycles. The largest absolute Gasteiger partial charge is 0.491 e. The van der Waals surface area contributed by atoms with E-state index in [1.54, 1.807) is 0 Å². The van der Waals surface area contributed by atoms with Crippen molar-refractivity contribution in [2.24, 2.45) is 0 Å². The van der Waals surface area contributed by atoms with Gasteiger partial charge in [0.05, 0.1) is 4.90 Å². The van der Waals surface area contributed by atoms with E-state index in [1.807, 2.05) is 25.1 Å². The molecule has 0 atom stereocenters. The minimum Gasteiger partial charge on any atom is -0.491 e. The van der Waals surface area contributed by atoms with Gasteiger partial charge in [-0.25, -0.2) is 8.42 Å². The Kier molecular flexibility index (Phi) is 5.11. The van der Waals surface area contributed by atoms with Crippen molar-refractivity contribution in [3.63, 3.8) is 0 Å². The van der Waals surface area contributed by atoms with E-state index in [9.17, 15) is 18.0 Å². The molecule has 1 heterocycles. The first-order chi connectivity index (χ1) is 12.3. The summed E-state index contributed by atoms with van der Waals surface area (Å²) in [6.45, 7) is 1.92. The van der Waals surface area contributed by atoms with E-state index in [-0.39, 0.29) is 16.2 Å². The summed E-state index contributed by atoms with van der Waals surface area (Å²) in [4.78, 5) is 0.465. The van der Waals surface area contributed by atoms with Crippen LogP contribution in [-0.4, -0.2) is 28.9 Å². The molecule has 136 valence electrons. The molecule has 0 fully saturated rings. The Morgan fingerprint density at radius 3 is 2.54 bits per heavy atom. The second kappa shape index (κ2) is 7.17. The van der Waals surface area contributed by atoms with Crippen molar-refractivity contribution < 1.29 is 18.0 Å². The van der Waals surface area contributed by atoms with Crippen LogP contribution in [0.3, 0.4) is 0 Å². The van der Waals surface area contributed by atoms with E-state index >= 15 is 0 Å². The number of halogens is 2. The zero-order valence-corrected chi connectivity index (χ0v) is 16.3. The fraction of sp³-hybridized carbons (Fsp3) is 0.0667. The summed E-state index contributed by atoms with van der Waals surface area (Å²) < 4.78 is 37.2. The van der Waals surface area contributed by atoms with Crippen LogP contribution in [0, 0.1) is 10.5 Å². The number of anilines is 2. The molecule has 4 N–H and O–H groups in total. The number of aromatic hydroxyl groups is 1. The van der Waals surface area contributed by atoms with E-state index in [4.69, 9.17) is 0 Å². The number of nitrogens with zero attached hydrogens (tertiary/aromatic N) is 2. The molecule has 3 aromatic rings. The molecule has 11 heteroatoms. The summed E-state index contributed by atoms with van der Waals surface area (Å²) in [5.74, 6) is -0.407. The van der Waals surface area contributed by atoms with Crippen LogP contribution in [0.2, 0.25) is 0 Å². The van der Waals surface area contributed by atoms with Gasteiger partial charge in [-0.15, -0.1) is 4.48 Å². The Labute approximate surface area is 162 Å². The van der Waals surface area contributed by atoms with Gasteiger partial charge < -0.3 is 10.4 Å². The number of sulfonamides is 1. The van der Waals surface area contributed by atoms with Gasteiger partial charge in [-0.05, 0) is 76.4 Å². The van der Waals surface area contributed by atoms with Crippen molar-refractivity contribution in [3.05, 3.63) is 45.5 Å². The number of benzene rings is 2. The maximum absolute atomic E-state index is 12.6. The highest BCUT2D eigenvalue weighted by Crippen LogP contribution is 2.35. The first-order valence-corrected chi connectivity index (χ1v) is 9.78. The van der Waals surface area contributed by atoms with Gasteiger partial charge in [-0.1, -0.05) is 10.3 Å². The van der Waals surface area contributed by atoms with Gasteiger partial charge in [0.2, 0.25) is 0 Å². The second-order valence-electron chi connectivity index (χ2n) is 5.38. The molecule has 0 radical (unpaired) electrons. The van der Waals surface area contributed by atoms with E-state index in [1.165, 1.54) is 18.2 Å². The van der Waals surface area contributed by atoms with Gasteiger partial charge in [0.15, 0.2) is 0 Å². The van der Waals surface area contributed by atoms with E-state index in [0.29, 0.717) is 5.69 Å². The Morgan fingerprint density at radius 1 is 1.19 bits per heavy atom. The minimum absolute atomic E-state index is 0.103. The number of H-pyrrole nitrogens is 1. The molecule has 2 aromatic carbocycles. The quantitative estimate of drug-likeness (QED) is 0.323. The molecule has 0 spiro atoms. The number of aromatic amines is 1. The van der Waals surface area contributed by atoms with Crippen molar-refractivity contribution in [1.29, 1.82) is 0 Å². The van der Waals surface area contributed by atoms with Crippen molar-refractivity contribution in [2.75, 3.05) is 5.32 Å². The molecule has 0 aliphatic carbocycles. The molecule has 0 unspecified atom stereocenters. The third kappa shape index (κ3) is 3.64. The molecule has 8 nitrogen and oxygen atoms in total. The maximum atomic E-state index is 12.6. The van der Waals surface area contributed by atoms with Gasteiger partial charge in [0, 0.05) is 20.5 Å². The Morgan fingerprint density at radius 2 is 1.92 bits per heavy atom. The lowest BCUT2D eigenvalue weighted by Gasteiger charge is -2.14. The Bertz CT molecular complexity index is 1070. The van der Waals surface area contributed by atoms with Gasteiger partial charge in [-0.2, -0.15) is 0 Å². The molecule has 26 heavy (non-hydrogen) atoms. The predicted molar refractivity (Wildman–Crippen MR) is 102 cm³/mol. The first-order valence-electron chi connectivity index (χ1n) is 7.22. The van der Waals surface area contributed by atoms with Crippen LogP contribution in [0.25, 0.3) is 11.3 Å². The molecular formula is C15H13FIN5O3S. The average molecular weight is 489 g/mol. The number of aryl methyl sites for hydroxylation is 1. The van der Waals surface area contributed by atoms with Crippen LogP contribution in [-0.2, 0) is 10.0 Å². The molecule has 0 saturated heterocycles. The van der Waals surface area contributed by atoms with Gasteiger partial charge in [0.1, 0.15) is 5.69 Å². The van der Waals surface area contributed by atoms with Gasteiger partial charge in [0.25, 0.3) is 15.9 Å². The Balaban J connectivity index is 2.14. The van der Waals surface area contributed by atoms with Crippen LogP contribution >= 0.6 is 22.6 Å². The third-order valence-corrected chi connectivity index (χ3v) is 5.41. The van der Waals surface area contributed by atoms with E-state index < -0.39 is 15.9 Å². The van der Waals surface area contributed by atoms with Crippen LogP contribution in [0.4, 0.5) is 15.9 Å².